The molecule has 0 unspecified atom stereocenters. The van der Waals surface area contributed by atoms with Gasteiger partial charge in [-0.1, -0.05) is 0 Å². The van der Waals surface area contributed by atoms with Crippen molar-refractivity contribution in [3.8, 4) is 5.75 Å². The van der Waals surface area contributed by atoms with Crippen molar-refractivity contribution in [2.75, 3.05) is 25.4 Å². The molecule has 3 heterocycles. The zero-order valence-corrected chi connectivity index (χ0v) is 13.5. The highest BCUT2D eigenvalue weighted by atomic mass is 16.5. The summed E-state index contributed by atoms with van der Waals surface area (Å²) in [5, 5.41) is 0. The number of hydrogen-bond acceptors (Lipinski definition) is 6. The summed E-state index contributed by atoms with van der Waals surface area (Å²) in [6.07, 6.45) is 9.29. The number of hydrogen-bond donors (Lipinski definition) is 1. The summed E-state index contributed by atoms with van der Waals surface area (Å²) in [7, 11) is 0. The first-order chi connectivity index (χ1) is 11.7. The van der Waals surface area contributed by atoms with E-state index in [4.69, 9.17) is 10.5 Å². The SMILES string of the molecule is Nc1nccnc1C[C@@H]1CCCN(C(=O)COc2cccnc2)C1. The molecule has 1 aliphatic heterocycles. The fraction of sp³-hybridized carbons (Fsp3) is 0.412. The van der Waals surface area contributed by atoms with E-state index in [-0.39, 0.29) is 12.5 Å². The molecule has 2 N–H and O–H groups in total. The Balaban J connectivity index is 1.53. The quantitative estimate of drug-likeness (QED) is 0.890. The Morgan fingerprint density at radius 2 is 2.21 bits per heavy atom. The zero-order valence-electron chi connectivity index (χ0n) is 13.5. The number of pyridine rings is 1. The maximum atomic E-state index is 12.4. The molecule has 126 valence electrons. The van der Waals surface area contributed by atoms with Crippen LogP contribution in [-0.4, -0.2) is 45.5 Å². The van der Waals surface area contributed by atoms with Crippen LogP contribution in [0.3, 0.4) is 0 Å². The second-order valence-electron chi connectivity index (χ2n) is 5.92. The number of anilines is 1. The van der Waals surface area contributed by atoms with Gasteiger partial charge in [-0.15, -0.1) is 0 Å². The predicted molar refractivity (Wildman–Crippen MR) is 89.2 cm³/mol. The topological polar surface area (TPSA) is 94.2 Å². The maximum absolute atomic E-state index is 12.4. The van der Waals surface area contributed by atoms with Gasteiger partial charge in [0.1, 0.15) is 11.6 Å². The Morgan fingerprint density at radius 3 is 3.00 bits per heavy atom. The van der Waals surface area contributed by atoms with Gasteiger partial charge >= 0.3 is 0 Å². The summed E-state index contributed by atoms with van der Waals surface area (Å²) in [6, 6.07) is 3.57. The van der Waals surface area contributed by atoms with Gasteiger partial charge in [-0.2, -0.15) is 0 Å². The molecule has 0 aromatic carbocycles. The molecule has 0 bridgehead atoms. The summed E-state index contributed by atoms with van der Waals surface area (Å²) in [6.45, 7) is 1.50. The molecular weight excluding hydrogens is 306 g/mol. The summed E-state index contributed by atoms with van der Waals surface area (Å²) < 4.78 is 5.50. The molecule has 1 saturated heterocycles. The fourth-order valence-electron chi connectivity index (χ4n) is 2.94. The van der Waals surface area contributed by atoms with Gasteiger partial charge in [0, 0.05) is 31.7 Å². The van der Waals surface area contributed by atoms with Crippen LogP contribution in [0.2, 0.25) is 0 Å². The number of likely N-dealkylation sites (tertiary alicyclic amines) is 1. The zero-order chi connectivity index (χ0) is 16.8. The molecule has 1 atom stereocenters. The van der Waals surface area contributed by atoms with Crippen molar-refractivity contribution in [3.63, 3.8) is 0 Å². The minimum Gasteiger partial charge on any atom is -0.482 e. The summed E-state index contributed by atoms with van der Waals surface area (Å²) >= 11 is 0. The van der Waals surface area contributed by atoms with Gasteiger partial charge in [-0.3, -0.25) is 14.8 Å². The Labute approximate surface area is 140 Å². The Bertz CT molecular complexity index is 680. The summed E-state index contributed by atoms with van der Waals surface area (Å²) in [4.78, 5) is 26.6. The van der Waals surface area contributed by atoms with Gasteiger partial charge in [0.15, 0.2) is 6.61 Å². The van der Waals surface area contributed by atoms with Crippen molar-refractivity contribution in [1.29, 1.82) is 0 Å². The number of aromatic nitrogens is 3. The third-order valence-electron chi connectivity index (χ3n) is 4.16. The van der Waals surface area contributed by atoms with Crippen molar-refractivity contribution in [2.45, 2.75) is 19.3 Å². The number of piperidine rings is 1. The summed E-state index contributed by atoms with van der Waals surface area (Å²) in [5.41, 5.74) is 6.67. The lowest BCUT2D eigenvalue weighted by molar-refractivity contribution is -0.135. The molecule has 3 rings (SSSR count). The molecule has 7 nitrogen and oxygen atoms in total. The second kappa shape index (κ2) is 7.72. The number of amides is 1. The minimum atomic E-state index is -0.00401. The average Bonchev–Trinajstić information content (AvgIpc) is 2.63. The van der Waals surface area contributed by atoms with Crippen LogP contribution in [0.25, 0.3) is 0 Å². The molecule has 1 aliphatic rings. The smallest absolute Gasteiger partial charge is 0.260 e. The van der Waals surface area contributed by atoms with E-state index in [9.17, 15) is 4.79 Å². The third kappa shape index (κ3) is 4.18. The number of ether oxygens (including phenoxy) is 1. The lowest BCUT2D eigenvalue weighted by atomic mass is 9.93. The van der Waals surface area contributed by atoms with Gasteiger partial charge in [-0.05, 0) is 37.3 Å². The molecule has 0 aliphatic carbocycles. The first kappa shape index (κ1) is 16.2. The highest BCUT2D eigenvalue weighted by Gasteiger charge is 2.25. The minimum absolute atomic E-state index is 0.00401. The molecule has 0 spiro atoms. The van der Waals surface area contributed by atoms with E-state index in [1.165, 1.54) is 0 Å². The number of carbonyl (C=O) groups excluding carboxylic acids is 1. The fourth-order valence-corrected chi connectivity index (χ4v) is 2.94. The van der Waals surface area contributed by atoms with E-state index in [0.29, 0.717) is 24.0 Å². The van der Waals surface area contributed by atoms with Gasteiger partial charge in [0.25, 0.3) is 5.91 Å². The highest BCUT2D eigenvalue weighted by molar-refractivity contribution is 5.77. The Kier molecular flexibility index (Phi) is 5.20. The van der Waals surface area contributed by atoms with E-state index in [2.05, 4.69) is 15.0 Å². The number of rotatable bonds is 5. The lowest BCUT2D eigenvalue weighted by Gasteiger charge is -2.32. The van der Waals surface area contributed by atoms with Crippen molar-refractivity contribution < 1.29 is 9.53 Å². The normalized spacial score (nSPS) is 17.5. The second-order valence-corrected chi connectivity index (χ2v) is 5.92. The molecule has 2 aromatic heterocycles. The first-order valence-corrected chi connectivity index (χ1v) is 8.08. The van der Waals surface area contributed by atoms with Crippen LogP contribution in [0.4, 0.5) is 5.82 Å². The van der Waals surface area contributed by atoms with E-state index < -0.39 is 0 Å². The van der Waals surface area contributed by atoms with Crippen LogP contribution in [-0.2, 0) is 11.2 Å². The Morgan fingerprint density at radius 1 is 1.33 bits per heavy atom. The largest absolute Gasteiger partial charge is 0.482 e. The van der Waals surface area contributed by atoms with Crippen LogP contribution in [0.5, 0.6) is 5.75 Å². The van der Waals surface area contributed by atoms with Crippen LogP contribution >= 0.6 is 0 Å². The van der Waals surface area contributed by atoms with Crippen LogP contribution in [0, 0.1) is 5.92 Å². The van der Waals surface area contributed by atoms with E-state index in [1.54, 1.807) is 36.9 Å². The molecule has 0 radical (unpaired) electrons. The van der Waals surface area contributed by atoms with Gasteiger partial charge in [0.2, 0.25) is 0 Å². The number of nitrogens with two attached hydrogens (primary N) is 1. The van der Waals surface area contributed by atoms with Crippen LogP contribution < -0.4 is 10.5 Å². The molecule has 0 saturated carbocycles. The third-order valence-corrected chi connectivity index (χ3v) is 4.16. The molecule has 2 aromatic rings. The first-order valence-electron chi connectivity index (χ1n) is 8.08. The van der Waals surface area contributed by atoms with E-state index >= 15 is 0 Å². The number of carbonyl (C=O) groups is 1. The van der Waals surface area contributed by atoms with Gasteiger partial charge in [-0.25, -0.2) is 4.98 Å². The standard InChI is InChI=1S/C17H21N5O2/c18-17-15(20-6-7-21-17)9-13-3-2-8-22(11-13)16(23)12-24-14-4-1-5-19-10-14/h1,4-7,10,13H,2-3,8-9,11-12H2,(H2,18,21)/t13-/m0/s1. The highest BCUT2D eigenvalue weighted by Crippen LogP contribution is 2.22. The van der Waals surface area contributed by atoms with Crippen molar-refractivity contribution >= 4 is 11.7 Å². The van der Waals surface area contributed by atoms with Crippen molar-refractivity contribution in [3.05, 3.63) is 42.6 Å². The average molecular weight is 327 g/mol. The van der Waals surface area contributed by atoms with Crippen LogP contribution in [0.1, 0.15) is 18.5 Å². The van der Waals surface area contributed by atoms with Gasteiger partial charge < -0.3 is 15.4 Å². The molecule has 24 heavy (non-hydrogen) atoms. The van der Waals surface area contributed by atoms with Crippen LogP contribution in [0.15, 0.2) is 36.9 Å². The number of nitrogens with zero attached hydrogens (tertiary/aromatic N) is 4. The predicted octanol–water partition coefficient (Wildman–Crippen LogP) is 1.31. The number of nitrogen functional groups attached to an aromatic ring is 1. The summed E-state index contributed by atoms with van der Waals surface area (Å²) in [5.74, 6) is 1.42. The van der Waals surface area contributed by atoms with Crippen molar-refractivity contribution in [2.24, 2.45) is 5.92 Å². The van der Waals surface area contributed by atoms with E-state index in [0.717, 1.165) is 31.5 Å². The lowest BCUT2D eigenvalue weighted by Crippen LogP contribution is -2.42. The maximum Gasteiger partial charge on any atom is 0.260 e. The molecule has 1 fully saturated rings. The molecular formula is C17H21N5O2. The Hall–Kier alpha value is -2.70. The van der Waals surface area contributed by atoms with E-state index in [1.807, 2.05) is 4.90 Å². The van der Waals surface area contributed by atoms with Crippen molar-refractivity contribution in [1.82, 2.24) is 19.9 Å². The molecule has 7 heteroatoms. The monoisotopic (exact) mass is 327 g/mol. The van der Waals surface area contributed by atoms with Gasteiger partial charge in [0.05, 0.1) is 11.9 Å². The molecule has 1 amide bonds.